The van der Waals surface area contributed by atoms with E-state index in [1.807, 2.05) is 11.3 Å². The van der Waals surface area contributed by atoms with Gasteiger partial charge < -0.3 is 10.2 Å². The first-order chi connectivity index (χ1) is 8.69. The van der Waals surface area contributed by atoms with Gasteiger partial charge in [-0.05, 0) is 57.8 Å². The molecule has 18 heavy (non-hydrogen) atoms. The van der Waals surface area contributed by atoms with Gasteiger partial charge in [-0.2, -0.15) is 0 Å². The van der Waals surface area contributed by atoms with Gasteiger partial charge in [0.25, 0.3) is 0 Å². The van der Waals surface area contributed by atoms with Crippen molar-refractivity contribution in [1.82, 2.24) is 10.2 Å². The molecule has 0 aliphatic carbocycles. The third kappa shape index (κ3) is 3.81. The van der Waals surface area contributed by atoms with Gasteiger partial charge in [0.1, 0.15) is 0 Å². The summed E-state index contributed by atoms with van der Waals surface area (Å²) in [5, 5.41) is 3.71. The van der Waals surface area contributed by atoms with Crippen molar-refractivity contribution >= 4 is 11.3 Å². The molecule has 2 unspecified atom stereocenters. The number of thiophene rings is 1. The molecule has 1 aromatic heterocycles. The summed E-state index contributed by atoms with van der Waals surface area (Å²) in [5.74, 6) is 0.814. The lowest BCUT2D eigenvalue weighted by atomic mass is 9.92. The topological polar surface area (TPSA) is 15.3 Å². The zero-order chi connectivity index (χ0) is 13.0. The minimum absolute atomic E-state index is 0.625. The molecule has 2 rings (SSSR count). The van der Waals surface area contributed by atoms with Crippen LogP contribution in [0.2, 0.25) is 0 Å². The quantitative estimate of drug-likeness (QED) is 0.881. The summed E-state index contributed by atoms with van der Waals surface area (Å²) in [6, 6.07) is 5.16. The van der Waals surface area contributed by atoms with Gasteiger partial charge in [0.2, 0.25) is 0 Å². The first-order valence-corrected chi connectivity index (χ1v) is 8.00. The van der Waals surface area contributed by atoms with Crippen molar-refractivity contribution in [1.29, 1.82) is 0 Å². The third-order valence-electron chi connectivity index (χ3n) is 4.03. The van der Waals surface area contributed by atoms with Crippen LogP contribution in [0, 0.1) is 5.92 Å². The first kappa shape index (κ1) is 14.0. The summed E-state index contributed by atoms with van der Waals surface area (Å²) in [5.41, 5.74) is 0. The summed E-state index contributed by atoms with van der Waals surface area (Å²) in [7, 11) is 2.24. The van der Waals surface area contributed by atoms with Gasteiger partial charge in [-0.15, -0.1) is 11.3 Å². The Balaban J connectivity index is 1.78. The van der Waals surface area contributed by atoms with Crippen molar-refractivity contribution < 1.29 is 0 Å². The van der Waals surface area contributed by atoms with Crippen LogP contribution in [0.5, 0.6) is 0 Å². The van der Waals surface area contributed by atoms with Gasteiger partial charge in [-0.3, -0.25) is 0 Å². The van der Waals surface area contributed by atoms with E-state index in [0.717, 1.165) is 18.9 Å². The van der Waals surface area contributed by atoms with E-state index < -0.39 is 0 Å². The second kappa shape index (κ2) is 6.69. The van der Waals surface area contributed by atoms with Gasteiger partial charge in [0, 0.05) is 28.9 Å². The molecule has 0 radical (unpaired) electrons. The second-order valence-corrected chi connectivity index (χ2v) is 6.81. The molecule has 0 spiro atoms. The molecule has 102 valence electrons. The van der Waals surface area contributed by atoms with Crippen molar-refractivity contribution in [3.8, 4) is 0 Å². The maximum atomic E-state index is 3.71. The van der Waals surface area contributed by atoms with Crippen LogP contribution in [0.1, 0.15) is 36.4 Å². The average Bonchev–Trinajstić information content (AvgIpc) is 2.84. The predicted octanol–water partition coefficient (Wildman–Crippen LogP) is 3.13. The molecule has 2 atom stereocenters. The van der Waals surface area contributed by atoms with Crippen molar-refractivity contribution in [2.75, 3.05) is 20.1 Å². The Morgan fingerprint density at radius 1 is 1.44 bits per heavy atom. The number of nitrogens with zero attached hydrogens (tertiary/aromatic N) is 1. The number of aryl methyl sites for hydroxylation is 1. The molecule has 2 heterocycles. The largest absolute Gasteiger partial charge is 0.309 e. The van der Waals surface area contributed by atoms with E-state index in [1.54, 1.807) is 0 Å². The Morgan fingerprint density at radius 3 is 2.89 bits per heavy atom. The van der Waals surface area contributed by atoms with Crippen molar-refractivity contribution in [3.63, 3.8) is 0 Å². The molecule has 1 N–H and O–H groups in total. The number of piperidine rings is 1. The fraction of sp³-hybridized carbons (Fsp3) is 0.733. The van der Waals surface area contributed by atoms with E-state index in [-0.39, 0.29) is 0 Å². The molecule has 1 aliphatic heterocycles. The fourth-order valence-electron chi connectivity index (χ4n) is 2.75. The van der Waals surface area contributed by atoms with Gasteiger partial charge in [-0.25, -0.2) is 0 Å². The molecule has 1 saturated heterocycles. The highest BCUT2D eigenvalue weighted by molar-refractivity contribution is 7.11. The maximum absolute atomic E-state index is 3.71. The number of hydrogen-bond donors (Lipinski definition) is 1. The lowest BCUT2D eigenvalue weighted by Crippen LogP contribution is -2.42. The lowest BCUT2D eigenvalue weighted by molar-refractivity contribution is 0.178. The molecule has 1 fully saturated rings. The Labute approximate surface area is 115 Å². The van der Waals surface area contributed by atoms with Crippen LogP contribution in [0.3, 0.4) is 0 Å². The number of likely N-dealkylation sites (tertiary alicyclic amines) is 1. The van der Waals surface area contributed by atoms with Crippen LogP contribution >= 0.6 is 11.3 Å². The molecule has 0 aromatic carbocycles. The standard InChI is InChI=1S/C15H26N2S/c1-4-14-7-8-15(18-14)10-16-12(2)13-6-5-9-17(3)11-13/h7-8,12-13,16H,4-6,9-11H2,1-3H3. The van der Waals surface area contributed by atoms with Gasteiger partial charge in [-0.1, -0.05) is 6.92 Å². The van der Waals surface area contributed by atoms with Crippen LogP contribution < -0.4 is 5.32 Å². The number of hydrogen-bond acceptors (Lipinski definition) is 3. The Hall–Kier alpha value is -0.380. The highest BCUT2D eigenvalue weighted by Gasteiger charge is 2.22. The van der Waals surface area contributed by atoms with Crippen LogP contribution in [0.15, 0.2) is 12.1 Å². The molecule has 0 amide bonds. The molecule has 1 aromatic rings. The fourth-order valence-corrected chi connectivity index (χ4v) is 3.66. The van der Waals surface area contributed by atoms with E-state index in [2.05, 4.69) is 43.2 Å². The van der Waals surface area contributed by atoms with Crippen LogP contribution in [-0.2, 0) is 13.0 Å². The highest BCUT2D eigenvalue weighted by Crippen LogP contribution is 2.20. The van der Waals surface area contributed by atoms with E-state index in [1.165, 1.54) is 35.7 Å². The molecule has 2 nitrogen and oxygen atoms in total. The third-order valence-corrected chi connectivity index (χ3v) is 5.26. The van der Waals surface area contributed by atoms with Crippen LogP contribution in [0.25, 0.3) is 0 Å². The summed E-state index contributed by atoms with van der Waals surface area (Å²) < 4.78 is 0. The molecule has 3 heteroatoms. The van der Waals surface area contributed by atoms with E-state index in [9.17, 15) is 0 Å². The molecular formula is C15H26N2S. The van der Waals surface area contributed by atoms with Crippen LogP contribution in [-0.4, -0.2) is 31.1 Å². The second-order valence-electron chi connectivity index (χ2n) is 5.56. The summed E-state index contributed by atoms with van der Waals surface area (Å²) in [4.78, 5) is 5.44. The van der Waals surface area contributed by atoms with E-state index in [4.69, 9.17) is 0 Å². The van der Waals surface area contributed by atoms with Crippen molar-refractivity contribution in [3.05, 3.63) is 21.9 Å². The summed E-state index contributed by atoms with van der Waals surface area (Å²) >= 11 is 1.95. The number of nitrogens with one attached hydrogen (secondary N) is 1. The highest BCUT2D eigenvalue weighted by atomic mass is 32.1. The molecule has 1 aliphatic rings. The van der Waals surface area contributed by atoms with Gasteiger partial charge in [0.15, 0.2) is 0 Å². The van der Waals surface area contributed by atoms with Crippen molar-refractivity contribution in [2.24, 2.45) is 5.92 Å². The minimum Gasteiger partial charge on any atom is -0.309 e. The smallest absolute Gasteiger partial charge is 0.0302 e. The van der Waals surface area contributed by atoms with Gasteiger partial charge >= 0.3 is 0 Å². The van der Waals surface area contributed by atoms with Gasteiger partial charge in [0.05, 0.1) is 0 Å². The monoisotopic (exact) mass is 266 g/mol. The normalized spacial score (nSPS) is 23.2. The Bertz CT molecular complexity index is 361. The number of rotatable bonds is 5. The minimum atomic E-state index is 0.625. The maximum Gasteiger partial charge on any atom is 0.0302 e. The Morgan fingerprint density at radius 2 is 2.22 bits per heavy atom. The summed E-state index contributed by atoms with van der Waals surface area (Å²) in [6.07, 6.45) is 3.89. The first-order valence-electron chi connectivity index (χ1n) is 7.18. The predicted molar refractivity (Wildman–Crippen MR) is 80.2 cm³/mol. The zero-order valence-electron chi connectivity index (χ0n) is 11.9. The average molecular weight is 266 g/mol. The van der Waals surface area contributed by atoms with E-state index >= 15 is 0 Å². The van der Waals surface area contributed by atoms with Crippen molar-refractivity contribution in [2.45, 2.75) is 45.7 Å². The zero-order valence-corrected chi connectivity index (χ0v) is 12.7. The van der Waals surface area contributed by atoms with Crippen LogP contribution in [0.4, 0.5) is 0 Å². The lowest BCUT2D eigenvalue weighted by Gasteiger charge is -2.33. The SMILES string of the molecule is CCc1ccc(CNC(C)C2CCCN(C)C2)s1. The molecule has 0 bridgehead atoms. The van der Waals surface area contributed by atoms with E-state index in [0.29, 0.717) is 6.04 Å². The Kier molecular flexibility index (Phi) is 5.22. The summed E-state index contributed by atoms with van der Waals surface area (Å²) in [6.45, 7) is 8.13. The molecule has 0 saturated carbocycles. The molecular weight excluding hydrogens is 240 g/mol.